The maximum atomic E-state index is 14.2. The summed E-state index contributed by atoms with van der Waals surface area (Å²) in [6.45, 7) is 2.22. The topological polar surface area (TPSA) is 50.1 Å². The summed E-state index contributed by atoms with van der Waals surface area (Å²) in [6, 6.07) is 9.79. The van der Waals surface area contributed by atoms with Crippen LogP contribution in [0.5, 0.6) is 5.75 Å². The summed E-state index contributed by atoms with van der Waals surface area (Å²) in [6.07, 6.45) is 9.09. The number of carbonyl (C=O) groups is 1. The van der Waals surface area contributed by atoms with Gasteiger partial charge in [-0.3, -0.25) is 4.79 Å². The third kappa shape index (κ3) is 4.66. The average molecular weight is 367 g/mol. The van der Waals surface area contributed by atoms with Gasteiger partial charge in [-0.2, -0.15) is 5.26 Å². The molecule has 0 spiro atoms. The molecular weight excluding hydrogens is 341 g/mol. The second kappa shape index (κ2) is 8.99. The molecule has 0 heterocycles. The third-order valence-electron chi connectivity index (χ3n) is 5.66. The smallest absolute Gasteiger partial charge is 0.314 e. The highest BCUT2D eigenvalue weighted by molar-refractivity contribution is 5.86. The minimum absolute atomic E-state index is 0.0166. The molecule has 0 saturated heterocycles. The van der Waals surface area contributed by atoms with E-state index < -0.39 is 5.82 Å². The molecule has 0 radical (unpaired) electrons. The van der Waals surface area contributed by atoms with Crippen LogP contribution in [0.15, 0.2) is 30.3 Å². The number of nitrogens with zero attached hydrogens (tertiary/aromatic N) is 1. The van der Waals surface area contributed by atoms with E-state index in [9.17, 15) is 9.18 Å². The lowest BCUT2D eigenvalue weighted by atomic mass is 9.80. The second-order valence-electron chi connectivity index (χ2n) is 7.56. The summed E-state index contributed by atoms with van der Waals surface area (Å²) in [5.74, 6) is 0.422. The van der Waals surface area contributed by atoms with Gasteiger partial charge in [-0.05, 0) is 61.3 Å². The normalized spacial score (nSPS) is 19.6. The molecular formula is C23H26FNO2. The van der Waals surface area contributed by atoms with Gasteiger partial charge in [0.05, 0.1) is 11.5 Å². The van der Waals surface area contributed by atoms with Gasteiger partial charge in [-0.25, -0.2) is 4.39 Å². The number of hydrogen-bond donors (Lipinski definition) is 0. The molecule has 3 rings (SSSR count). The first-order valence-corrected chi connectivity index (χ1v) is 9.96. The number of hydrogen-bond acceptors (Lipinski definition) is 3. The van der Waals surface area contributed by atoms with Crippen LogP contribution in [0.4, 0.5) is 4.39 Å². The predicted octanol–water partition coefficient (Wildman–Crippen LogP) is 6.14. The van der Waals surface area contributed by atoms with Gasteiger partial charge in [0.15, 0.2) is 0 Å². The highest BCUT2D eigenvalue weighted by Gasteiger charge is 2.27. The quantitative estimate of drug-likeness (QED) is 0.350. The standard InChI is InChI=1S/C23H26FNO2/c1-2-3-4-5-16-6-8-17(9-7-16)23(26)27-20-12-13-21-18(14-20)10-11-19(15-25)22(21)24/h10-14,16-17H,2-9H2,1H3. The van der Waals surface area contributed by atoms with Crippen LogP contribution in [0.1, 0.15) is 63.9 Å². The van der Waals surface area contributed by atoms with Crippen LogP contribution in [-0.2, 0) is 4.79 Å². The van der Waals surface area contributed by atoms with Crippen LogP contribution in [0, 0.1) is 29.0 Å². The lowest BCUT2D eigenvalue weighted by Crippen LogP contribution is -2.25. The lowest BCUT2D eigenvalue weighted by molar-refractivity contribution is -0.140. The van der Waals surface area contributed by atoms with Crippen molar-refractivity contribution in [1.29, 1.82) is 5.26 Å². The number of fused-ring (bicyclic) bond motifs is 1. The maximum Gasteiger partial charge on any atom is 0.314 e. The Morgan fingerprint density at radius 3 is 2.67 bits per heavy atom. The van der Waals surface area contributed by atoms with E-state index in [1.807, 2.05) is 6.07 Å². The largest absolute Gasteiger partial charge is 0.426 e. The van der Waals surface area contributed by atoms with E-state index in [4.69, 9.17) is 10.00 Å². The van der Waals surface area contributed by atoms with Crippen LogP contribution >= 0.6 is 0 Å². The van der Waals surface area contributed by atoms with Crippen molar-refractivity contribution in [2.75, 3.05) is 0 Å². The zero-order valence-electron chi connectivity index (χ0n) is 15.8. The number of halogens is 1. The van der Waals surface area contributed by atoms with Crippen molar-refractivity contribution in [2.45, 2.75) is 58.3 Å². The molecule has 1 aliphatic rings. The van der Waals surface area contributed by atoms with Crippen molar-refractivity contribution < 1.29 is 13.9 Å². The van der Waals surface area contributed by atoms with E-state index in [0.29, 0.717) is 16.5 Å². The van der Waals surface area contributed by atoms with Gasteiger partial charge in [-0.15, -0.1) is 0 Å². The molecule has 0 aromatic heterocycles. The number of benzene rings is 2. The highest BCUT2D eigenvalue weighted by Crippen LogP contribution is 2.33. The lowest BCUT2D eigenvalue weighted by Gasteiger charge is -2.27. The molecule has 0 atom stereocenters. The van der Waals surface area contributed by atoms with E-state index in [2.05, 4.69) is 6.92 Å². The number of rotatable bonds is 6. The molecule has 1 aliphatic carbocycles. The number of nitriles is 1. The maximum absolute atomic E-state index is 14.2. The summed E-state index contributed by atoms with van der Waals surface area (Å²) in [5.41, 5.74) is 0.0166. The van der Waals surface area contributed by atoms with Crippen molar-refractivity contribution >= 4 is 16.7 Å². The summed E-state index contributed by atoms with van der Waals surface area (Å²) in [4.78, 5) is 12.5. The van der Waals surface area contributed by atoms with Crippen molar-refractivity contribution in [2.24, 2.45) is 11.8 Å². The molecule has 2 aromatic carbocycles. The monoisotopic (exact) mass is 367 g/mol. The average Bonchev–Trinajstić information content (AvgIpc) is 2.69. The van der Waals surface area contributed by atoms with Gasteiger partial charge in [0.1, 0.15) is 17.6 Å². The third-order valence-corrected chi connectivity index (χ3v) is 5.66. The first kappa shape index (κ1) is 19.4. The Labute approximate surface area is 160 Å². The molecule has 2 aromatic rings. The SMILES string of the molecule is CCCCCC1CCC(C(=O)Oc2ccc3c(F)c(C#N)ccc3c2)CC1. The highest BCUT2D eigenvalue weighted by atomic mass is 19.1. The Bertz CT molecular complexity index is 847. The molecule has 4 heteroatoms. The fourth-order valence-corrected chi connectivity index (χ4v) is 3.99. The minimum Gasteiger partial charge on any atom is -0.426 e. The summed E-state index contributed by atoms with van der Waals surface area (Å²) >= 11 is 0. The van der Waals surface area contributed by atoms with Crippen molar-refractivity contribution in [3.05, 3.63) is 41.7 Å². The molecule has 0 N–H and O–H groups in total. The summed E-state index contributed by atoms with van der Waals surface area (Å²) in [7, 11) is 0. The Morgan fingerprint density at radius 2 is 1.96 bits per heavy atom. The molecule has 0 amide bonds. The molecule has 3 nitrogen and oxygen atoms in total. The Morgan fingerprint density at radius 1 is 1.19 bits per heavy atom. The number of carbonyl (C=O) groups excluding carboxylic acids is 1. The minimum atomic E-state index is -0.533. The van der Waals surface area contributed by atoms with E-state index in [-0.39, 0.29) is 17.5 Å². The summed E-state index contributed by atoms with van der Waals surface area (Å²) < 4.78 is 19.7. The van der Waals surface area contributed by atoms with Gasteiger partial charge in [0.2, 0.25) is 0 Å². The number of esters is 1. The molecule has 1 fully saturated rings. The van der Waals surface area contributed by atoms with Crippen LogP contribution in [0.25, 0.3) is 10.8 Å². The van der Waals surface area contributed by atoms with Gasteiger partial charge < -0.3 is 4.74 Å². The van der Waals surface area contributed by atoms with Gasteiger partial charge in [0.25, 0.3) is 0 Å². The molecule has 142 valence electrons. The zero-order chi connectivity index (χ0) is 19.2. The second-order valence-corrected chi connectivity index (χ2v) is 7.56. The molecule has 0 bridgehead atoms. The first-order valence-electron chi connectivity index (χ1n) is 9.96. The van der Waals surface area contributed by atoms with E-state index >= 15 is 0 Å². The van der Waals surface area contributed by atoms with E-state index in [1.165, 1.54) is 31.7 Å². The van der Waals surface area contributed by atoms with Crippen LogP contribution in [0.2, 0.25) is 0 Å². The van der Waals surface area contributed by atoms with Gasteiger partial charge in [0, 0.05) is 5.39 Å². The van der Waals surface area contributed by atoms with Crippen LogP contribution < -0.4 is 4.74 Å². The first-order chi connectivity index (χ1) is 13.1. The van der Waals surface area contributed by atoms with Crippen molar-refractivity contribution in [3.8, 4) is 11.8 Å². The molecule has 0 unspecified atom stereocenters. The Hall–Kier alpha value is -2.41. The fourth-order valence-electron chi connectivity index (χ4n) is 3.99. The van der Waals surface area contributed by atoms with Crippen LogP contribution in [-0.4, -0.2) is 5.97 Å². The van der Waals surface area contributed by atoms with Crippen LogP contribution in [0.3, 0.4) is 0 Å². The number of unbranched alkanes of at least 4 members (excludes halogenated alkanes) is 2. The molecule has 1 saturated carbocycles. The van der Waals surface area contributed by atoms with Gasteiger partial charge >= 0.3 is 5.97 Å². The number of ether oxygens (including phenoxy) is 1. The molecule has 27 heavy (non-hydrogen) atoms. The van der Waals surface area contributed by atoms with E-state index in [1.54, 1.807) is 24.3 Å². The van der Waals surface area contributed by atoms with Crippen molar-refractivity contribution in [3.63, 3.8) is 0 Å². The fraction of sp³-hybridized carbons (Fsp3) is 0.478. The molecule has 0 aliphatic heterocycles. The predicted molar refractivity (Wildman–Crippen MR) is 104 cm³/mol. The summed E-state index contributed by atoms with van der Waals surface area (Å²) in [5, 5.41) is 9.90. The van der Waals surface area contributed by atoms with Gasteiger partial charge in [-0.1, -0.05) is 38.7 Å². The Kier molecular flexibility index (Phi) is 6.45. The zero-order valence-corrected chi connectivity index (χ0v) is 15.8. The Balaban J connectivity index is 1.59. The van der Waals surface area contributed by atoms with E-state index in [0.717, 1.165) is 31.6 Å². The van der Waals surface area contributed by atoms with Crippen molar-refractivity contribution in [1.82, 2.24) is 0 Å².